The largest absolute Gasteiger partial charge is 0.399 e. The van der Waals surface area contributed by atoms with Crippen molar-refractivity contribution in [2.75, 3.05) is 17.6 Å². The lowest BCUT2D eigenvalue weighted by Crippen LogP contribution is -2.09. The number of nitrogens with one attached hydrogen (secondary N) is 1. The third kappa shape index (κ3) is 1.98. The number of nitrogens with zero attached hydrogens (tertiary/aromatic N) is 2. The van der Waals surface area contributed by atoms with Crippen LogP contribution >= 0.6 is 0 Å². The predicted octanol–water partition coefficient (Wildman–Crippen LogP) is 2.67. The minimum Gasteiger partial charge on any atom is -0.399 e. The van der Waals surface area contributed by atoms with Crippen LogP contribution in [0.3, 0.4) is 0 Å². The van der Waals surface area contributed by atoms with Gasteiger partial charge in [0.05, 0.1) is 5.52 Å². The number of benzene rings is 1. The second-order valence-electron chi connectivity index (χ2n) is 5.77. The molecule has 1 aromatic heterocycles. The molecule has 1 aliphatic rings. The monoisotopic (exact) mass is 242 g/mol. The normalized spacial score (nSPS) is 20.9. The van der Waals surface area contributed by atoms with Crippen molar-refractivity contribution in [3.05, 3.63) is 24.5 Å². The van der Waals surface area contributed by atoms with E-state index >= 15 is 0 Å². The van der Waals surface area contributed by atoms with E-state index in [1.165, 1.54) is 6.42 Å². The highest BCUT2D eigenvalue weighted by Gasteiger charge is 2.45. The van der Waals surface area contributed by atoms with E-state index in [2.05, 4.69) is 29.1 Å². The number of aromatic nitrogens is 2. The molecule has 0 saturated heterocycles. The smallest absolute Gasteiger partial charge is 0.137 e. The van der Waals surface area contributed by atoms with Crippen LogP contribution in [0.2, 0.25) is 0 Å². The van der Waals surface area contributed by atoms with E-state index < -0.39 is 0 Å². The summed E-state index contributed by atoms with van der Waals surface area (Å²) in [4.78, 5) is 8.57. The molecule has 1 aliphatic carbocycles. The van der Waals surface area contributed by atoms with Gasteiger partial charge in [-0.1, -0.05) is 13.8 Å². The highest BCUT2D eigenvalue weighted by Crippen LogP contribution is 2.51. The highest BCUT2D eigenvalue weighted by atomic mass is 15.0. The first-order valence-electron chi connectivity index (χ1n) is 6.30. The van der Waals surface area contributed by atoms with Crippen molar-refractivity contribution in [3.63, 3.8) is 0 Å². The topological polar surface area (TPSA) is 63.8 Å². The molecule has 3 N–H and O–H groups in total. The number of hydrogen-bond donors (Lipinski definition) is 2. The molecule has 0 bridgehead atoms. The Morgan fingerprint density at radius 1 is 1.39 bits per heavy atom. The molecule has 0 aliphatic heterocycles. The van der Waals surface area contributed by atoms with Crippen LogP contribution in [-0.2, 0) is 0 Å². The number of rotatable bonds is 3. The molecule has 94 valence electrons. The molecule has 1 saturated carbocycles. The van der Waals surface area contributed by atoms with E-state index in [0.717, 1.165) is 34.9 Å². The van der Waals surface area contributed by atoms with Crippen molar-refractivity contribution >= 4 is 22.4 Å². The van der Waals surface area contributed by atoms with E-state index in [0.29, 0.717) is 5.41 Å². The first kappa shape index (κ1) is 11.3. The Balaban J connectivity index is 1.85. The first-order chi connectivity index (χ1) is 8.56. The van der Waals surface area contributed by atoms with Gasteiger partial charge in [0.15, 0.2) is 0 Å². The molecule has 3 rings (SSSR count). The lowest BCUT2D eigenvalue weighted by Gasteiger charge is -2.09. The van der Waals surface area contributed by atoms with Crippen molar-refractivity contribution in [2.45, 2.75) is 20.3 Å². The van der Waals surface area contributed by atoms with Crippen molar-refractivity contribution < 1.29 is 0 Å². The summed E-state index contributed by atoms with van der Waals surface area (Å²) in [6, 6.07) is 5.72. The van der Waals surface area contributed by atoms with Gasteiger partial charge in [0.25, 0.3) is 0 Å². The Labute approximate surface area is 107 Å². The molecule has 1 atom stereocenters. The zero-order chi connectivity index (χ0) is 12.8. The molecule has 4 nitrogen and oxygen atoms in total. The fraction of sp³-hybridized carbons (Fsp3) is 0.429. The zero-order valence-corrected chi connectivity index (χ0v) is 10.8. The van der Waals surface area contributed by atoms with Crippen molar-refractivity contribution in [2.24, 2.45) is 11.3 Å². The van der Waals surface area contributed by atoms with Gasteiger partial charge in [-0.15, -0.1) is 0 Å². The lowest BCUT2D eigenvalue weighted by molar-refractivity contribution is 0.573. The van der Waals surface area contributed by atoms with Crippen LogP contribution in [0, 0.1) is 11.3 Å². The third-order valence-corrected chi connectivity index (χ3v) is 3.89. The van der Waals surface area contributed by atoms with Crippen molar-refractivity contribution in [1.82, 2.24) is 9.97 Å². The Bertz CT molecular complexity index is 591. The summed E-state index contributed by atoms with van der Waals surface area (Å²) in [5.41, 5.74) is 7.97. The number of nitrogens with two attached hydrogens (primary N) is 1. The maximum atomic E-state index is 5.82. The molecule has 4 heteroatoms. The fourth-order valence-electron chi connectivity index (χ4n) is 2.36. The van der Waals surface area contributed by atoms with Crippen LogP contribution in [0.5, 0.6) is 0 Å². The van der Waals surface area contributed by atoms with Crippen LogP contribution < -0.4 is 11.1 Å². The average molecular weight is 242 g/mol. The van der Waals surface area contributed by atoms with E-state index in [4.69, 9.17) is 5.73 Å². The molecular weight excluding hydrogens is 224 g/mol. The lowest BCUT2D eigenvalue weighted by atomic mass is 10.1. The summed E-state index contributed by atoms with van der Waals surface area (Å²) in [6.07, 6.45) is 2.88. The molecule has 1 heterocycles. The molecular formula is C14H18N4. The van der Waals surface area contributed by atoms with Gasteiger partial charge in [-0.25, -0.2) is 9.97 Å². The molecule has 2 aromatic rings. The van der Waals surface area contributed by atoms with Crippen LogP contribution in [0.25, 0.3) is 10.9 Å². The quantitative estimate of drug-likeness (QED) is 0.812. The standard InChI is InChI=1S/C14H18N4/c1-14(2)6-9(14)7-16-13-11-5-10(15)3-4-12(11)17-8-18-13/h3-5,8-9H,6-7,15H2,1-2H3,(H,16,17,18). The van der Waals surface area contributed by atoms with E-state index in [1.54, 1.807) is 6.33 Å². The summed E-state index contributed by atoms with van der Waals surface area (Å²) in [7, 11) is 0. The minimum atomic E-state index is 0.481. The molecule has 1 unspecified atom stereocenters. The minimum absolute atomic E-state index is 0.481. The van der Waals surface area contributed by atoms with E-state index in [9.17, 15) is 0 Å². The van der Waals surface area contributed by atoms with Gasteiger partial charge in [0.2, 0.25) is 0 Å². The summed E-state index contributed by atoms with van der Waals surface area (Å²) in [5.74, 6) is 1.62. The maximum absolute atomic E-state index is 5.82. The Kier molecular flexibility index (Phi) is 2.40. The van der Waals surface area contributed by atoms with Gasteiger partial charge in [-0.05, 0) is 36.0 Å². The van der Waals surface area contributed by atoms with Gasteiger partial charge in [0, 0.05) is 17.6 Å². The second-order valence-corrected chi connectivity index (χ2v) is 5.77. The van der Waals surface area contributed by atoms with Crippen molar-refractivity contribution in [3.8, 4) is 0 Å². The van der Waals surface area contributed by atoms with Gasteiger partial charge in [-0.2, -0.15) is 0 Å². The summed E-state index contributed by atoms with van der Waals surface area (Å²) in [6.45, 7) is 5.57. The summed E-state index contributed by atoms with van der Waals surface area (Å²) < 4.78 is 0. The Hall–Kier alpha value is -1.84. The highest BCUT2D eigenvalue weighted by molar-refractivity contribution is 5.91. The van der Waals surface area contributed by atoms with Gasteiger partial charge in [-0.3, -0.25) is 0 Å². The maximum Gasteiger partial charge on any atom is 0.137 e. The molecule has 1 aromatic carbocycles. The first-order valence-corrected chi connectivity index (χ1v) is 6.30. The summed E-state index contributed by atoms with van der Waals surface area (Å²) in [5, 5.41) is 4.42. The zero-order valence-electron chi connectivity index (χ0n) is 10.8. The van der Waals surface area contributed by atoms with E-state index in [-0.39, 0.29) is 0 Å². The van der Waals surface area contributed by atoms with E-state index in [1.807, 2.05) is 18.2 Å². The predicted molar refractivity (Wildman–Crippen MR) is 74.3 cm³/mol. The van der Waals surface area contributed by atoms with Crippen molar-refractivity contribution in [1.29, 1.82) is 0 Å². The number of nitrogen functional groups attached to an aromatic ring is 1. The van der Waals surface area contributed by atoms with Crippen LogP contribution in [0.1, 0.15) is 20.3 Å². The van der Waals surface area contributed by atoms with Gasteiger partial charge < -0.3 is 11.1 Å². The van der Waals surface area contributed by atoms with Crippen LogP contribution in [0.4, 0.5) is 11.5 Å². The molecule has 0 amide bonds. The Morgan fingerprint density at radius 3 is 2.89 bits per heavy atom. The molecule has 18 heavy (non-hydrogen) atoms. The third-order valence-electron chi connectivity index (χ3n) is 3.89. The Morgan fingerprint density at radius 2 is 2.17 bits per heavy atom. The fourth-order valence-corrected chi connectivity index (χ4v) is 2.36. The molecule has 0 radical (unpaired) electrons. The number of fused-ring (bicyclic) bond motifs is 1. The summed E-state index contributed by atoms with van der Waals surface area (Å²) >= 11 is 0. The molecule has 0 spiro atoms. The molecule has 1 fully saturated rings. The van der Waals surface area contributed by atoms with Crippen LogP contribution in [0.15, 0.2) is 24.5 Å². The average Bonchev–Trinajstić information content (AvgIpc) is 2.94. The van der Waals surface area contributed by atoms with Crippen LogP contribution in [-0.4, -0.2) is 16.5 Å². The van der Waals surface area contributed by atoms with Gasteiger partial charge >= 0.3 is 0 Å². The van der Waals surface area contributed by atoms with Gasteiger partial charge in [0.1, 0.15) is 12.1 Å². The second kappa shape index (κ2) is 3.83. The number of hydrogen-bond acceptors (Lipinski definition) is 4. The SMILES string of the molecule is CC1(C)CC1CNc1ncnc2ccc(N)cc12. The number of anilines is 2.